The van der Waals surface area contributed by atoms with Gasteiger partial charge >= 0.3 is 0 Å². The highest BCUT2D eigenvalue weighted by molar-refractivity contribution is 6.20. The molecule has 0 radical (unpaired) electrons. The third kappa shape index (κ3) is 6.25. The lowest BCUT2D eigenvalue weighted by Gasteiger charge is -2.21. The topological polar surface area (TPSA) is 77.4 Å². The van der Waals surface area contributed by atoms with Gasteiger partial charge in [-0.2, -0.15) is 0 Å². The van der Waals surface area contributed by atoms with Crippen LogP contribution in [-0.4, -0.2) is 55.7 Å². The highest BCUT2D eigenvalue weighted by atomic mass is 16.5. The number of rotatable bonds is 11. The number of ether oxygens (including phenoxy) is 3. The molecule has 0 spiro atoms. The first kappa shape index (κ1) is 31.4. The summed E-state index contributed by atoms with van der Waals surface area (Å²) in [5.41, 5.74) is 7.62. The van der Waals surface area contributed by atoms with Crippen molar-refractivity contribution in [3.63, 3.8) is 0 Å². The van der Waals surface area contributed by atoms with Crippen LogP contribution in [0.4, 0.5) is 5.69 Å². The molecule has 1 aliphatic carbocycles. The second-order valence-electron chi connectivity index (χ2n) is 12.6. The average molecular weight is 641 g/mol. The van der Waals surface area contributed by atoms with Gasteiger partial charge in [0, 0.05) is 30.0 Å². The minimum absolute atomic E-state index is 0.0559. The standard InChI is InChI=1S/C41H40N2O5/c1-27-22-35-36(42-26-29-12-11-19-43(29)41(35)45)25-38(27)47-20-9-3-4-10-21-48-39-24-28(17-18-37(39)46-2)23-34-30-13-5-7-15-32(30)40(44)33-16-8-6-14-31(33)34/h5-8,13-18,22-26,29H,3-4,9-12,19-21H2,1-2H3/t29-/m0/s1. The molecule has 1 amide bonds. The number of carbonyl (C=O) groups excluding carboxylic acids is 2. The molecule has 4 aromatic rings. The summed E-state index contributed by atoms with van der Waals surface area (Å²) in [6.07, 6.45) is 9.90. The molecule has 48 heavy (non-hydrogen) atoms. The first-order chi connectivity index (χ1) is 23.5. The van der Waals surface area contributed by atoms with E-state index in [1.165, 1.54) is 0 Å². The van der Waals surface area contributed by atoms with Crippen LogP contribution in [-0.2, 0) is 0 Å². The van der Waals surface area contributed by atoms with Gasteiger partial charge in [0.15, 0.2) is 17.3 Å². The maximum absolute atomic E-state index is 13.2. The third-order valence-corrected chi connectivity index (χ3v) is 9.45. The van der Waals surface area contributed by atoms with Crippen LogP contribution < -0.4 is 14.2 Å². The molecule has 1 atom stereocenters. The Labute approximate surface area is 281 Å². The van der Waals surface area contributed by atoms with Gasteiger partial charge in [-0.25, -0.2) is 0 Å². The molecule has 1 saturated heterocycles. The molecule has 4 aromatic carbocycles. The molecular formula is C41H40N2O5. The Morgan fingerprint density at radius 2 is 1.44 bits per heavy atom. The van der Waals surface area contributed by atoms with E-state index in [1.54, 1.807) is 7.11 Å². The molecule has 2 aliphatic heterocycles. The summed E-state index contributed by atoms with van der Waals surface area (Å²) in [6, 6.07) is 25.5. The second-order valence-corrected chi connectivity index (χ2v) is 12.6. The molecule has 3 aliphatic rings. The Morgan fingerprint density at radius 3 is 2.12 bits per heavy atom. The third-order valence-electron chi connectivity index (χ3n) is 9.45. The molecular weight excluding hydrogens is 600 g/mol. The van der Waals surface area contributed by atoms with Crippen LogP contribution in [0.2, 0.25) is 0 Å². The van der Waals surface area contributed by atoms with Gasteiger partial charge in [-0.1, -0.05) is 54.6 Å². The van der Waals surface area contributed by atoms with E-state index in [2.05, 4.69) is 11.1 Å². The van der Waals surface area contributed by atoms with Crippen LogP contribution in [0.5, 0.6) is 17.2 Å². The molecule has 244 valence electrons. The number of carbonyl (C=O) groups is 2. The lowest BCUT2D eigenvalue weighted by atomic mass is 9.81. The quantitative estimate of drug-likeness (QED) is 0.135. The molecule has 7 nitrogen and oxygen atoms in total. The summed E-state index contributed by atoms with van der Waals surface area (Å²) in [4.78, 5) is 32.8. The van der Waals surface area contributed by atoms with Gasteiger partial charge < -0.3 is 19.1 Å². The number of hydrogen-bond donors (Lipinski definition) is 0. The normalized spacial score (nSPS) is 16.1. The summed E-state index contributed by atoms with van der Waals surface area (Å²) in [7, 11) is 1.65. The van der Waals surface area contributed by atoms with E-state index in [9.17, 15) is 9.59 Å². The first-order valence-electron chi connectivity index (χ1n) is 16.9. The van der Waals surface area contributed by atoms with Crippen LogP contribution in [0, 0.1) is 6.92 Å². The summed E-state index contributed by atoms with van der Waals surface area (Å²) >= 11 is 0. The second kappa shape index (κ2) is 13.9. The van der Waals surface area contributed by atoms with Crippen molar-refractivity contribution in [2.45, 2.75) is 51.5 Å². The number of unbranched alkanes of at least 4 members (excludes halogenated alkanes) is 3. The molecule has 7 heteroatoms. The lowest BCUT2D eigenvalue weighted by Crippen LogP contribution is -2.35. The van der Waals surface area contributed by atoms with Gasteiger partial charge in [0.05, 0.1) is 37.6 Å². The highest BCUT2D eigenvalue weighted by Gasteiger charge is 2.32. The summed E-state index contributed by atoms with van der Waals surface area (Å²) in [5, 5.41) is 0. The van der Waals surface area contributed by atoms with E-state index in [0.29, 0.717) is 36.0 Å². The Balaban J connectivity index is 0.932. The molecule has 1 fully saturated rings. The van der Waals surface area contributed by atoms with E-state index in [4.69, 9.17) is 14.2 Å². The largest absolute Gasteiger partial charge is 0.493 e. The van der Waals surface area contributed by atoms with Gasteiger partial charge in [-0.3, -0.25) is 14.6 Å². The number of benzene rings is 4. The van der Waals surface area contributed by atoms with Gasteiger partial charge in [0.1, 0.15) is 5.75 Å². The van der Waals surface area contributed by atoms with E-state index in [0.717, 1.165) is 89.8 Å². The SMILES string of the molecule is COc1ccc(C=C2c3ccccc3C(=O)c3ccccc32)cc1OCCCCCCOc1cc2c(cc1C)C(=O)N1CCC[C@H]1C=N2. The van der Waals surface area contributed by atoms with Crippen LogP contribution in [0.15, 0.2) is 83.9 Å². The maximum Gasteiger partial charge on any atom is 0.256 e. The van der Waals surface area contributed by atoms with Crippen molar-refractivity contribution in [1.29, 1.82) is 0 Å². The zero-order valence-electron chi connectivity index (χ0n) is 27.5. The Morgan fingerprint density at radius 1 is 0.771 bits per heavy atom. The van der Waals surface area contributed by atoms with Crippen molar-refractivity contribution < 1.29 is 23.8 Å². The molecule has 0 bridgehead atoms. The molecule has 2 heterocycles. The number of amides is 1. The Hall–Kier alpha value is -5.17. The summed E-state index contributed by atoms with van der Waals surface area (Å²) in [6.45, 7) is 3.97. The summed E-state index contributed by atoms with van der Waals surface area (Å²) in [5.74, 6) is 2.30. The van der Waals surface area contributed by atoms with E-state index >= 15 is 0 Å². The fraction of sp³-hybridized carbons (Fsp3) is 0.293. The fourth-order valence-electron chi connectivity index (χ4n) is 6.89. The van der Waals surface area contributed by atoms with Crippen LogP contribution in [0.1, 0.15) is 87.1 Å². The van der Waals surface area contributed by atoms with Crippen molar-refractivity contribution in [2.75, 3.05) is 26.9 Å². The summed E-state index contributed by atoms with van der Waals surface area (Å²) < 4.78 is 18.0. The predicted octanol–water partition coefficient (Wildman–Crippen LogP) is 8.48. The van der Waals surface area contributed by atoms with E-state index in [1.807, 2.05) is 96.9 Å². The molecule has 7 rings (SSSR count). The maximum atomic E-state index is 13.2. The van der Waals surface area contributed by atoms with Crippen molar-refractivity contribution in [2.24, 2.45) is 4.99 Å². The number of nitrogens with zero attached hydrogens (tertiary/aromatic N) is 2. The minimum Gasteiger partial charge on any atom is -0.493 e. The number of aliphatic imine (C=N–C) groups is 1. The smallest absolute Gasteiger partial charge is 0.256 e. The lowest BCUT2D eigenvalue weighted by molar-refractivity contribution is 0.0774. The zero-order valence-corrected chi connectivity index (χ0v) is 27.5. The molecule has 0 unspecified atom stereocenters. The number of hydrogen-bond acceptors (Lipinski definition) is 6. The molecule has 0 saturated carbocycles. The van der Waals surface area contributed by atoms with Gasteiger partial charge in [-0.05, 0) is 97.6 Å². The van der Waals surface area contributed by atoms with Crippen LogP contribution in [0.3, 0.4) is 0 Å². The Kier molecular flexibility index (Phi) is 9.10. The van der Waals surface area contributed by atoms with Crippen molar-refractivity contribution >= 4 is 35.2 Å². The monoisotopic (exact) mass is 640 g/mol. The molecule has 0 N–H and O–H groups in total. The van der Waals surface area contributed by atoms with Crippen LogP contribution in [0.25, 0.3) is 11.6 Å². The predicted molar refractivity (Wildman–Crippen MR) is 189 cm³/mol. The number of methoxy groups -OCH3 is 1. The number of fused-ring (bicyclic) bond motifs is 4. The van der Waals surface area contributed by atoms with Crippen molar-refractivity contribution in [3.8, 4) is 17.2 Å². The zero-order chi connectivity index (χ0) is 33.0. The van der Waals surface area contributed by atoms with Gasteiger partial charge in [0.2, 0.25) is 0 Å². The Bertz CT molecular complexity index is 1870. The minimum atomic E-state index is 0.0559. The van der Waals surface area contributed by atoms with E-state index in [-0.39, 0.29) is 17.7 Å². The van der Waals surface area contributed by atoms with Gasteiger partial charge in [0.25, 0.3) is 5.91 Å². The van der Waals surface area contributed by atoms with Crippen molar-refractivity contribution in [1.82, 2.24) is 4.90 Å². The van der Waals surface area contributed by atoms with Crippen molar-refractivity contribution in [3.05, 3.63) is 118 Å². The van der Waals surface area contributed by atoms with E-state index < -0.39 is 0 Å². The number of ketones is 1. The fourth-order valence-corrected chi connectivity index (χ4v) is 6.89. The molecule has 0 aromatic heterocycles. The number of aryl methyl sites for hydroxylation is 1. The highest BCUT2D eigenvalue weighted by Crippen LogP contribution is 2.38. The first-order valence-corrected chi connectivity index (χ1v) is 16.9. The van der Waals surface area contributed by atoms with Gasteiger partial charge in [-0.15, -0.1) is 0 Å². The van der Waals surface area contributed by atoms with Crippen LogP contribution >= 0.6 is 0 Å². The average Bonchev–Trinajstić information content (AvgIpc) is 3.55.